The van der Waals surface area contributed by atoms with Gasteiger partial charge in [-0.2, -0.15) is 0 Å². The quantitative estimate of drug-likeness (QED) is 0.757. The molecular weight excluding hydrogens is 192 g/mol. The number of imidazole rings is 1. The Hall–Kier alpha value is -0.570. The molecule has 1 aliphatic carbocycles. The van der Waals surface area contributed by atoms with Gasteiger partial charge in [0, 0.05) is 18.4 Å². The highest BCUT2D eigenvalue weighted by Crippen LogP contribution is 2.37. The molecule has 1 heterocycles. The highest BCUT2D eigenvalue weighted by Gasteiger charge is 2.28. The molecule has 1 aromatic rings. The Morgan fingerprint density at radius 3 is 2.93 bits per heavy atom. The van der Waals surface area contributed by atoms with E-state index in [1.54, 1.807) is 0 Å². The van der Waals surface area contributed by atoms with Crippen molar-refractivity contribution in [1.82, 2.24) is 9.55 Å². The lowest BCUT2D eigenvalue weighted by Gasteiger charge is -2.13. The van der Waals surface area contributed by atoms with E-state index in [-0.39, 0.29) is 0 Å². The summed E-state index contributed by atoms with van der Waals surface area (Å²) in [7, 11) is 0. The molecule has 3 heteroatoms. The second kappa shape index (κ2) is 3.89. The summed E-state index contributed by atoms with van der Waals surface area (Å²) in [5.74, 6) is 1.74. The molecule has 1 aliphatic rings. The molecule has 0 amide bonds. The van der Waals surface area contributed by atoms with Gasteiger partial charge in [0.25, 0.3) is 0 Å². The molecule has 0 aromatic carbocycles. The zero-order valence-electron chi connectivity index (χ0n) is 8.92. The standard InChI is InChI=1S/C11H18N2S/c1-3-10-6-12-11(14)13(10)7-8(2)9-4-5-9/h6,8-9H,3-5,7H2,1-2H3,(H,12,14). The van der Waals surface area contributed by atoms with Crippen molar-refractivity contribution in [2.75, 3.05) is 0 Å². The van der Waals surface area contributed by atoms with Crippen LogP contribution in [0.2, 0.25) is 0 Å². The molecule has 0 aliphatic heterocycles. The van der Waals surface area contributed by atoms with E-state index in [0.29, 0.717) is 0 Å². The summed E-state index contributed by atoms with van der Waals surface area (Å²) in [5.41, 5.74) is 1.34. The molecule has 1 saturated carbocycles. The summed E-state index contributed by atoms with van der Waals surface area (Å²) in [5, 5.41) is 0. The lowest BCUT2D eigenvalue weighted by Crippen LogP contribution is -2.11. The summed E-state index contributed by atoms with van der Waals surface area (Å²) in [4.78, 5) is 3.13. The third-order valence-electron chi connectivity index (χ3n) is 3.21. The fourth-order valence-corrected chi connectivity index (χ4v) is 2.28. The van der Waals surface area contributed by atoms with Gasteiger partial charge in [0.2, 0.25) is 0 Å². The van der Waals surface area contributed by atoms with Crippen LogP contribution in [0.25, 0.3) is 0 Å². The second-order valence-electron chi connectivity index (χ2n) is 4.36. The van der Waals surface area contributed by atoms with Gasteiger partial charge in [-0.05, 0) is 43.3 Å². The summed E-state index contributed by atoms with van der Waals surface area (Å²) in [6.45, 7) is 5.61. The van der Waals surface area contributed by atoms with Gasteiger partial charge in [0.15, 0.2) is 4.77 Å². The van der Waals surface area contributed by atoms with Gasteiger partial charge >= 0.3 is 0 Å². The lowest BCUT2D eigenvalue weighted by atomic mass is 10.1. The van der Waals surface area contributed by atoms with Gasteiger partial charge in [-0.3, -0.25) is 0 Å². The summed E-state index contributed by atoms with van der Waals surface area (Å²) < 4.78 is 3.15. The number of rotatable bonds is 4. The van der Waals surface area contributed by atoms with E-state index in [4.69, 9.17) is 12.2 Å². The molecule has 0 radical (unpaired) electrons. The zero-order chi connectivity index (χ0) is 10.1. The molecule has 2 nitrogen and oxygen atoms in total. The summed E-state index contributed by atoms with van der Waals surface area (Å²) >= 11 is 5.27. The lowest BCUT2D eigenvalue weighted by molar-refractivity contribution is 0.421. The molecule has 1 unspecified atom stereocenters. The normalized spacial score (nSPS) is 18.4. The number of aryl methyl sites for hydroxylation is 1. The summed E-state index contributed by atoms with van der Waals surface area (Å²) in [6.07, 6.45) is 5.94. The maximum atomic E-state index is 5.27. The largest absolute Gasteiger partial charge is 0.337 e. The van der Waals surface area contributed by atoms with E-state index in [1.807, 2.05) is 6.20 Å². The van der Waals surface area contributed by atoms with Gasteiger partial charge in [-0.25, -0.2) is 0 Å². The molecule has 1 atom stereocenters. The van der Waals surface area contributed by atoms with Gasteiger partial charge in [-0.1, -0.05) is 13.8 Å². The highest BCUT2D eigenvalue weighted by atomic mass is 32.1. The minimum absolute atomic E-state index is 0.780. The Balaban J connectivity index is 2.13. The van der Waals surface area contributed by atoms with E-state index < -0.39 is 0 Å². The smallest absolute Gasteiger partial charge is 0.177 e. The average molecular weight is 210 g/mol. The van der Waals surface area contributed by atoms with Crippen LogP contribution < -0.4 is 0 Å². The van der Waals surface area contributed by atoms with Crippen LogP contribution in [0.4, 0.5) is 0 Å². The van der Waals surface area contributed by atoms with E-state index in [1.165, 1.54) is 18.5 Å². The predicted octanol–water partition coefficient (Wildman–Crippen LogP) is 3.15. The van der Waals surface area contributed by atoms with Crippen LogP contribution in [0.3, 0.4) is 0 Å². The Morgan fingerprint density at radius 2 is 2.36 bits per heavy atom. The number of nitrogens with zero attached hydrogens (tertiary/aromatic N) is 1. The van der Waals surface area contributed by atoms with Crippen LogP contribution in [-0.2, 0) is 13.0 Å². The fourth-order valence-electron chi connectivity index (χ4n) is 2.03. The molecule has 2 rings (SSSR count). The van der Waals surface area contributed by atoms with Crippen molar-refractivity contribution in [3.8, 4) is 0 Å². The molecule has 14 heavy (non-hydrogen) atoms. The molecule has 0 spiro atoms. The van der Waals surface area contributed by atoms with Crippen molar-refractivity contribution in [3.63, 3.8) is 0 Å². The third kappa shape index (κ3) is 1.92. The first-order chi connectivity index (χ1) is 6.72. The van der Waals surface area contributed by atoms with Crippen LogP contribution in [0.15, 0.2) is 6.20 Å². The number of H-pyrrole nitrogens is 1. The molecule has 0 saturated heterocycles. The SMILES string of the molecule is CCc1c[nH]c(=S)n1CC(C)C1CC1. The molecule has 1 aromatic heterocycles. The van der Waals surface area contributed by atoms with E-state index in [2.05, 4.69) is 23.4 Å². The number of hydrogen-bond donors (Lipinski definition) is 1. The number of hydrogen-bond acceptors (Lipinski definition) is 1. The topological polar surface area (TPSA) is 20.7 Å². The predicted molar refractivity (Wildman–Crippen MR) is 60.9 cm³/mol. The first-order valence-corrected chi connectivity index (χ1v) is 5.90. The molecule has 78 valence electrons. The van der Waals surface area contributed by atoms with Crippen molar-refractivity contribution in [1.29, 1.82) is 0 Å². The third-order valence-corrected chi connectivity index (χ3v) is 3.55. The van der Waals surface area contributed by atoms with Gasteiger partial charge in [-0.15, -0.1) is 0 Å². The highest BCUT2D eigenvalue weighted by molar-refractivity contribution is 7.71. The van der Waals surface area contributed by atoms with E-state index >= 15 is 0 Å². The van der Waals surface area contributed by atoms with Crippen LogP contribution in [0.1, 0.15) is 32.4 Å². The first kappa shape index (κ1) is 9.97. The van der Waals surface area contributed by atoms with Crippen LogP contribution in [0.5, 0.6) is 0 Å². The average Bonchev–Trinajstić information content (AvgIpc) is 2.95. The Bertz CT molecular complexity index is 360. The number of aromatic nitrogens is 2. The summed E-state index contributed by atoms with van der Waals surface area (Å²) in [6, 6.07) is 0. The van der Waals surface area contributed by atoms with Crippen molar-refractivity contribution in [2.24, 2.45) is 11.8 Å². The Kier molecular flexibility index (Phi) is 2.77. The van der Waals surface area contributed by atoms with Crippen LogP contribution in [0, 0.1) is 16.6 Å². The number of aromatic amines is 1. The monoisotopic (exact) mass is 210 g/mol. The van der Waals surface area contributed by atoms with Gasteiger partial charge in [0.1, 0.15) is 0 Å². The van der Waals surface area contributed by atoms with E-state index in [9.17, 15) is 0 Å². The minimum atomic E-state index is 0.780. The van der Waals surface area contributed by atoms with Crippen LogP contribution >= 0.6 is 12.2 Å². The molecule has 1 N–H and O–H groups in total. The van der Waals surface area contributed by atoms with Crippen molar-refractivity contribution < 1.29 is 0 Å². The molecule has 0 bridgehead atoms. The van der Waals surface area contributed by atoms with E-state index in [0.717, 1.165) is 29.6 Å². The second-order valence-corrected chi connectivity index (χ2v) is 4.75. The molecular formula is C11H18N2S. The van der Waals surface area contributed by atoms with Crippen molar-refractivity contribution >= 4 is 12.2 Å². The van der Waals surface area contributed by atoms with Gasteiger partial charge in [0.05, 0.1) is 0 Å². The maximum absolute atomic E-state index is 5.27. The number of nitrogens with one attached hydrogen (secondary N) is 1. The Morgan fingerprint density at radius 1 is 1.64 bits per heavy atom. The Labute approximate surface area is 90.3 Å². The molecule has 1 fully saturated rings. The maximum Gasteiger partial charge on any atom is 0.177 e. The van der Waals surface area contributed by atoms with Crippen LogP contribution in [-0.4, -0.2) is 9.55 Å². The van der Waals surface area contributed by atoms with Crippen molar-refractivity contribution in [3.05, 3.63) is 16.7 Å². The van der Waals surface area contributed by atoms with Crippen molar-refractivity contribution in [2.45, 2.75) is 39.7 Å². The fraction of sp³-hybridized carbons (Fsp3) is 0.727. The van der Waals surface area contributed by atoms with Gasteiger partial charge < -0.3 is 9.55 Å². The minimum Gasteiger partial charge on any atom is -0.337 e. The first-order valence-electron chi connectivity index (χ1n) is 5.49. The zero-order valence-corrected chi connectivity index (χ0v) is 9.73.